The van der Waals surface area contributed by atoms with Crippen molar-refractivity contribution in [3.8, 4) is 11.5 Å². The standard InChI is InChI=1S/C19H19ClN2O3/c20-16-11-14(12-17-19(16)25-13-24-17)7-8-18(23)22-10-4-9-21-15-5-2-1-3-6-15/h1-3,5-8,11-12,21H,4,9-10,13H2,(H,22,23). The van der Waals surface area contributed by atoms with Crippen LogP contribution in [0.25, 0.3) is 6.08 Å². The molecule has 25 heavy (non-hydrogen) atoms. The number of carbonyl (C=O) groups is 1. The summed E-state index contributed by atoms with van der Waals surface area (Å²) >= 11 is 6.11. The average Bonchev–Trinajstić information content (AvgIpc) is 3.10. The van der Waals surface area contributed by atoms with Crippen LogP contribution in [-0.4, -0.2) is 25.8 Å². The van der Waals surface area contributed by atoms with Crippen molar-refractivity contribution in [2.75, 3.05) is 25.2 Å². The van der Waals surface area contributed by atoms with Crippen molar-refractivity contribution < 1.29 is 14.3 Å². The number of carbonyl (C=O) groups excluding carboxylic acids is 1. The maximum Gasteiger partial charge on any atom is 0.244 e. The van der Waals surface area contributed by atoms with Gasteiger partial charge in [-0.2, -0.15) is 0 Å². The molecule has 0 aromatic heterocycles. The first kappa shape index (κ1) is 17.2. The van der Waals surface area contributed by atoms with Gasteiger partial charge in [-0.3, -0.25) is 4.79 Å². The maximum atomic E-state index is 11.9. The van der Waals surface area contributed by atoms with E-state index in [1.54, 1.807) is 18.2 Å². The molecule has 2 N–H and O–H groups in total. The highest BCUT2D eigenvalue weighted by Gasteiger charge is 2.17. The van der Waals surface area contributed by atoms with Crippen LogP contribution in [0.2, 0.25) is 5.02 Å². The molecule has 0 spiro atoms. The molecule has 1 heterocycles. The summed E-state index contributed by atoms with van der Waals surface area (Å²) in [4.78, 5) is 11.9. The van der Waals surface area contributed by atoms with Crippen molar-refractivity contribution >= 4 is 29.3 Å². The fourth-order valence-electron chi connectivity index (χ4n) is 2.40. The van der Waals surface area contributed by atoms with Crippen molar-refractivity contribution in [1.82, 2.24) is 5.32 Å². The molecule has 0 aliphatic carbocycles. The number of benzene rings is 2. The lowest BCUT2D eigenvalue weighted by atomic mass is 10.2. The fourth-order valence-corrected chi connectivity index (χ4v) is 2.68. The molecule has 3 rings (SSSR count). The zero-order valence-electron chi connectivity index (χ0n) is 13.6. The van der Waals surface area contributed by atoms with Crippen LogP contribution in [-0.2, 0) is 4.79 Å². The highest BCUT2D eigenvalue weighted by atomic mass is 35.5. The fraction of sp³-hybridized carbons (Fsp3) is 0.211. The lowest BCUT2D eigenvalue weighted by molar-refractivity contribution is -0.116. The van der Waals surface area contributed by atoms with Crippen LogP contribution in [0.3, 0.4) is 0 Å². The average molecular weight is 359 g/mol. The second-order valence-corrected chi connectivity index (χ2v) is 5.91. The van der Waals surface area contributed by atoms with Gasteiger partial charge in [0.25, 0.3) is 0 Å². The molecule has 0 bridgehead atoms. The third-order valence-corrected chi connectivity index (χ3v) is 3.91. The van der Waals surface area contributed by atoms with E-state index in [2.05, 4.69) is 10.6 Å². The van der Waals surface area contributed by atoms with Gasteiger partial charge >= 0.3 is 0 Å². The van der Waals surface area contributed by atoms with Crippen molar-refractivity contribution in [3.63, 3.8) is 0 Å². The molecule has 5 nitrogen and oxygen atoms in total. The summed E-state index contributed by atoms with van der Waals surface area (Å²) in [5.41, 5.74) is 1.86. The molecule has 1 aliphatic heterocycles. The summed E-state index contributed by atoms with van der Waals surface area (Å²) in [6, 6.07) is 13.5. The minimum atomic E-state index is -0.145. The van der Waals surface area contributed by atoms with E-state index in [9.17, 15) is 4.79 Å². The molecule has 130 valence electrons. The number of halogens is 1. The van der Waals surface area contributed by atoms with E-state index in [1.165, 1.54) is 6.08 Å². The number of rotatable bonds is 7. The van der Waals surface area contributed by atoms with E-state index in [0.717, 1.165) is 24.2 Å². The van der Waals surface area contributed by atoms with E-state index >= 15 is 0 Å². The molecule has 2 aromatic rings. The number of para-hydroxylation sites is 1. The van der Waals surface area contributed by atoms with Gasteiger partial charge in [0, 0.05) is 24.9 Å². The zero-order chi connectivity index (χ0) is 17.5. The third-order valence-electron chi connectivity index (χ3n) is 3.63. The van der Waals surface area contributed by atoms with Crippen LogP contribution in [0.5, 0.6) is 11.5 Å². The summed E-state index contributed by atoms with van der Waals surface area (Å²) in [5, 5.41) is 6.62. The van der Waals surface area contributed by atoms with Gasteiger partial charge < -0.3 is 20.1 Å². The Labute approximate surface area is 151 Å². The highest BCUT2D eigenvalue weighted by molar-refractivity contribution is 6.32. The Morgan fingerprint density at radius 1 is 1.16 bits per heavy atom. The Hall–Kier alpha value is -2.66. The first-order chi connectivity index (χ1) is 12.2. The summed E-state index contributed by atoms with van der Waals surface area (Å²) in [7, 11) is 0. The minimum absolute atomic E-state index is 0.145. The second-order valence-electron chi connectivity index (χ2n) is 5.51. The van der Waals surface area contributed by atoms with Gasteiger partial charge in [-0.15, -0.1) is 0 Å². The smallest absolute Gasteiger partial charge is 0.244 e. The zero-order valence-corrected chi connectivity index (χ0v) is 14.4. The Kier molecular flexibility index (Phi) is 5.80. The van der Waals surface area contributed by atoms with Gasteiger partial charge in [0.15, 0.2) is 11.5 Å². The van der Waals surface area contributed by atoms with Gasteiger partial charge in [-0.1, -0.05) is 29.8 Å². The predicted octanol–water partition coefficient (Wildman–Crippen LogP) is 3.70. The van der Waals surface area contributed by atoms with Gasteiger partial charge in [-0.05, 0) is 42.3 Å². The Morgan fingerprint density at radius 3 is 2.84 bits per heavy atom. The molecule has 1 aliphatic rings. The summed E-state index contributed by atoms with van der Waals surface area (Å²) in [6.07, 6.45) is 4.02. The normalized spacial score (nSPS) is 12.4. The summed E-state index contributed by atoms with van der Waals surface area (Å²) in [5.74, 6) is 1.00. The number of nitrogens with one attached hydrogen (secondary N) is 2. The predicted molar refractivity (Wildman–Crippen MR) is 99.2 cm³/mol. The van der Waals surface area contributed by atoms with Gasteiger partial charge in [-0.25, -0.2) is 0 Å². The second kappa shape index (κ2) is 8.44. The van der Waals surface area contributed by atoms with Crippen LogP contribution < -0.4 is 20.1 Å². The molecule has 1 amide bonds. The van der Waals surface area contributed by atoms with E-state index < -0.39 is 0 Å². The van der Waals surface area contributed by atoms with Gasteiger partial charge in [0.1, 0.15) is 0 Å². The number of amides is 1. The number of ether oxygens (including phenoxy) is 2. The Bertz CT molecular complexity index is 763. The molecule has 0 saturated carbocycles. The molecule has 6 heteroatoms. The van der Waals surface area contributed by atoms with Crippen molar-refractivity contribution in [1.29, 1.82) is 0 Å². The SMILES string of the molecule is O=C(C=Cc1cc(Cl)c2c(c1)OCO2)NCCCNc1ccccc1. The van der Waals surface area contributed by atoms with Crippen molar-refractivity contribution in [2.45, 2.75) is 6.42 Å². The van der Waals surface area contributed by atoms with Gasteiger partial charge in [0.05, 0.1) is 5.02 Å². The molecular formula is C19H19ClN2O3. The molecular weight excluding hydrogens is 340 g/mol. The molecule has 2 aromatic carbocycles. The minimum Gasteiger partial charge on any atom is -0.454 e. The molecule has 0 unspecified atom stereocenters. The number of hydrogen-bond donors (Lipinski definition) is 2. The topological polar surface area (TPSA) is 59.6 Å². The molecule has 0 fully saturated rings. The highest BCUT2D eigenvalue weighted by Crippen LogP contribution is 2.39. The Balaban J connectivity index is 1.40. The van der Waals surface area contributed by atoms with Crippen LogP contribution in [0.15, 0.2) is 48.5 Å². The number of hydrogen-bond acceptors (Lipinski definition) is 4. The van der Waals surface area contributed by atoms with Crippen LogP contribution in [0, 0.1) is 0 Å². The first-order valence-electron chi connectivity index (χ1n) is 8.06. The summed E-state index contributed by atoms with van der Waals surface area (Å²) in [6.45, 7) is 1.57. The summed E-state index contributed by atoms with van der Waals surface area (Å²) < 4.78 is 10.6. The van der Waals surface area contributed by atoms with E-state index in [0.29, 0.717) is 23.1 Å². The number of anilines is 1. The third kappa shape index (κ3) is 4.90. The molecule has 0 radical (unpaired) electrons. The van der Waals surface area contributed by atoms with Crippen LogP contribution >= 0.6 is 11.6 Å². The molecule has 0 atom stereocenters. The van der Waals surface area contributed by atoms with E-state index in [1.807, 2.05) is 30.3 Å². The lowest BCUT2D eigenvalue weighted by Gasteiger charge is -2.06. The maximum absolute atomic E-state index is 11.9. The Morgan fingerprint density at radius 2 is 2.00 bits per heavy atom. The van der Waals surface area contributed by atoms with Crippen LogP contribution in [0.4, 0.5) is 5.69 Å². The monoisotopic (exact) mass is 358 g/mol. The quantitative estimate of drug-likeness (QED) is 0.585. The van der Waals surface area contributed by atoms with Gasteiger partial charge in [0.2, 0.25) is 12.7 Å². The first-order valence-corrected chi connectivity index (χ1v) is 8.44. The van der Waals surface area contributed by atoms with E-state index in [4.69, 9.17) is 21.1 Å². The number of fused-ring (bicyclic) bond motifs is 1. The van der Waals surface area contributed by atoms with Crippen molar-refractivity contribution in [2.24, 2.45) is 0 Å². The largest absolute Gasteiger partial charge is 0.454 e. The lowest BCUT2D eigenvalue weighted by Crippen LogP contribution is -2.23. The van der Waals surface area contributed by atoms with Crippen LogP contribution in [0.1, 0.15) is 12.0 Å². The molecule has 0 saturated heterocycles. The van der Waals surface area contributed by atoms with Crippen molar-refractivity contribution in [3.05, 3.63) is 59.1 Å². The van der Waals surface area contributed by atoms with E-state index in [-0.39, 0.29) is 12.7 Å².